The molecule has 2 aromatic carbocycles. The van der Waals surface area contributed by atoms with Crippen molar-refractivity contribution in [3.63, 3.8) is 0 Å². The molecule has 0 radical (unpaired) electrons. The Morgan fingerprint density at radius 3 is 2.84 bits per heavy atom. The summed E-state index contributed by atoms with van der Waals surface area (Å²) < 4.78 is 11.4. The first-order valence-corrected chi connectivity index (χ1v) is 11.3. The Labute approximate surface area is 188 Å². The second kappa shape index (κ2) is 9.90. The number of amides is 1. The monoisotopic (exact) mass is 443 g/mol. The van der Waals surface area contributed by atoms with Crippen molar-refractivity contribution < 1.29 is 14.3 Å². The Bertz CT molecular complexity index is 917. The van der Waals surface area contributed by atoms with Gasteiger partial charge in [0.1, 0.15) is 12.4 Å². The van der Waals surface area contributed by atoms with Crippen molar-refractivity contribution in [1.82, 2.24) is 4.90 Å². The highest BCUT2D eigenvalue weighted by Crippen LogP contribution is 2.35. The third-order valence-corrected chi connectivity index (χ3v) is 6.10. The van der Waals surface area contributed by atoms with Crippen LogP contribution in [0.3, 0.4) is 0 Å². The number of anilines is 2. The number of benzene rings is 2. The number of nitrogens with one attached hydrogen (secondary N) is 2. The van der Waals surface area contributed by atoms with Gasteiger partial charge in [0.2, 0.25) is 0 Å². The Morgan fingerprint density at radius 1 is 1.19 bits per heavy atom. The molecule has 7 heteroatoms. The van der Waals surface area contributed by atoms with Crippen LogP contribution < -0.4 is 15.4 Å². The summed E-state index contributed by atoms with van der Waals surface area (Å²) in [6.07, 6.45) is 3.29. The number of morpholine rings is 1. The largest absolute Gasteiger partial charge is 0.489 e. The van der Waals surface area contributed by atoms with E-state index in [2.05, 4.69) is 22.5 Å². The number of hydrogen-bond donors (Lipinski definition) is 2. The van der Waals surface area contributed by atoms with Crippen molar-refractivity contribution >= 4 is 28.9 Å². The average Bonchev–Trinajstić information content (AvgIpc) is 2.77. The smallest absolute Gasteiger partial charge is 0.255 e. The van der Waals surface area contributed by atoms with E-state index in [4.69, 9.17) is 21.1 Å². The fourth-order valence-corrected chi connectivity index (χ4v) is 4.26. The number of unbranched alkanes of at least 4 members (excludes halogenated alkanes) is 1. The molecule has 0 aromatic heterocycles. The molecule has 1 saturated heterocycles. The zero-order chi connectivity index (χ0) is 21.7. The normalized spacial score (nSPS) is 21.0. The van der Waals surface area contributed by atoms with Crippen molar-refractivity contribution in [2.45, 2.75) is 31.7 Å². The van der Waals surface area contributed by atoms with E-state index in [1.54, 1.807) is 18.2 Å². The molecule has 2 aliphatic rings. The van der Waals surface area contributed by atoms with Gasteiger partial charge in [-0.25, -0.2) is 0 Å². The minimum Gasteiger partial charge on any atom is -0.489 e. The third kappa shape index (κ3) is 5.91. The first kappa shape index (κ1) is 21.9. The molecule has 4 rings (SSSR count). The molecule has 1 atom stereocenters. The summed E-state index contributed by atoms with van der Waals surface area (Å²) >= 11 is 6.01. The lowest BCUT2D eigenvalue weighted by Crippen LogP contribution is -2.44. The second-order valence-corrected chi connectivity index (χ2v) is 9.00. The number of nitrogens with zero attached hydrogens (tertiary/aromatic N) is 1. The second-order valence-electron chi connectivity index (χ2n) is 8.56. The standard InChI is InChI=1S/C24H30ClN3O3/c1-24(9-2-3-10-28-11-13-30-14-12-28)17-31-22-8-7-18(15-21(22)27-24)23(29)26-20-6-4-5-19(25)16-20/h4-8,15-16,27H,2-3,9-14,17H2,1H3,(H,26,29). The molecule has 2 aromatic rings. The van der Waals surface area contributed by atoms with Crippen LogP contribution in [0.2, 0.25) is 5.02 Å². The molecule has 0 spiro atoms. The van der Waals surface area contributed by atoms with Gasteiger partial charge in [-0.1, -0.05) is 17.7 Å². The van der Waals surface area contributed by atoms with Crippen LogP contribution in [0.25, 0.3) is 0 Å². The zero-order valence-electron chi connectivity index (χ0n) is 18.0. The van der Waals surface area contributed by atoms with Gasteiger partial charge in [-0.2, -0.15) is 0 Å². The molecule has 1 unspecified atom stereocenters. The first-order chi connectivity index (χ1) is 15.0. The number of halogens is 1. The van der Waals surface area contributed by atoms with Gasteiger partial charge in [-0.05, 0) is 69.1 Å². The molecular formula is C24H30ClN3O3. The molecule has 1 amide bonds. The van der Waals surface area contributed by atoms with Gasteiger partial charge in [0, 0.05) is 29.4 Å². The SMILES string of the molecule is CC1(CCCCN2CCOCC2)COc2ccc(C(=O)Nc3cccc(Cl)c3)cc2N1. The predicted molar refractivity (Wildman–Crippen MR) is 124 cm³/mol. The van der Waals surface area contributed by atoms with Gasteiger partial charge in [-0.3, -0.25) is 9.69 Å². The van der Waals surface area contributed by atoms with E-state index in [-0.39, 0.29) is 11.4 Å². The van der Waals surface area contributed by atoms with Crippen molar-refractivity contribution in [3.05, 3.63) is 53.1 Å². The maximum Gasteiger partial charge on any atom is 0.255 e. The summed E-state index contributed by atoms with van der Waals surface area (Å²) in [5.74, 6) is 0.606. The molecule has 2 heterocycles. The van der Waals surface area contributed by atoms with Gasteiger partial charge in [0.05, 0.1) is 24.4 Å². The topological polar surface area (TPSA) is 62.8 Å². The maximum atomic E-state index is 12.7. The Morgan fingerprint density at radius 2 is 2.03 bits per heavy atom. The van der Waals surface area contributed by atoms with Gasteiger partial charge in [0.25, 0.3) is 5.91 Å². The number of fused-ring (bicyclic) bond motifs is 1. The highest BCUT2D eigenvalue weighted by atomic mass is 35.5. The lowest BCUT2D eigenvalue weighted by Gasteiger charge is -2.37. The Hall–Kier alpha value is -2.28. The number of rotatable bonds is 7. The predicted octanol–water partition coefficient (Wildman–Crippen LogP) is 4.66. The van der Waals surface area contributed by atoms with Gasteiger partial charge in [-0.15, -0.1) is 0 Å². The maximum absolute atomic E-state index is 12.7. The summed E-state index contributed by atoms with van der Waals surface area (Å²) in [7, 11) is 0. The van der Waals surface area contributed by atoms with E-state index in [0.29, 0.717) is 22.9 Å². The Kier molecular flexibility index (Phi) is 7.00. The van der Waals surface area contributed by atoms with Crippen LogP contribution in [0.4, 0.5) is 11.4 Å². The molecule has 2 N–H and O–H groups in total. The van der Waals surface area contributed by atoms with Crippen LogP contribution in [-0.2, 0) is 4.74 Å². The number of hydrogen-bond acceptors (Lipinski definition) is 5. The number of ether oxygens (including phenoxy) is 2. The molecular weight excluding hydrogens is 414 g/mol. The lowest BCUT2D eigenvalue weighted by atomic mass is 9.93. The number of carbonyl (C=O) groups excluding carboxylic acids is 1. The third-order valence-electron chi connectivity index (χ3n) is 5.86. The summed E-state index contributed by atoms with van der Waals surface area (Å²) in [5, 5.41) is 7.10. The van der Waals surface area contributed by atoms with Crippen LogP contribution in [-0.4, -0.2) is 55.8 Å². The van der Waals surface area contributed by atoms with Crippen molar-refractivity contribution in [1.29, 1.82) is 0 Å². The molecule has 0 aliphatic carbocycles. The molecule has 0 bridgehead atoms. The summed E-state index contributed by atoms with van der Waals surface area (Å²) in [6, 6.07) is 12.6. The Balaban J connectivity index is 1.33. The van der Waals surface area contributed by atoms with Crippen molar-refractivity contribution in [2.24, 2.45) is 0 Å². The summed E-state index contributed by atoms with van der Waals surface area (Å²) in [5.41, 5.74) is 1.96. The highest BCUT2D eigenvalue weighted by molar-refractivity contribution is 6.31. The highest BCUT2D eigenvalue weighted by Gasteiger charge is 2.30. The van der Waals surface area contributed by atoms with E-state index in [1.807, 2.05) is 24.3 Å². The minimum atomic E-state index is -0.176. The fraction of sp³-hybridized carbons (Fsp3) is 0.458. The molecule has 2 aliphatic heterocycles. The fourth-order valence-electron chi connectivity index (χ4n) is 4.07. The van der Waals surface area contributed by atoms with E-state index >= 15 is 0 Å². The molecule has 6 nitrogen and oxygen atoms in total. The van der Waals surface area contributed by atoms with Crippen LogP contribution in [0.5, 0.6) is 5.75 Å². The minimum absolute atomic E-state index is 0.153. The van der Waals surface area contributed by atoms with E-state index in [9.17, 15) is 4.79 Å². The van der Waals surface area contributed by atoms with Crippen LogP contribution in [0.15, 0.2) is 42.5 Å². The van der Waals surface area contributed by atoms with Gasteiger partial charge in [0.15, 0.2) is 0 Å². The summed E-state index contributed by atoms with van der Waals surface area (Å²) in [6.45, 7) is 7.67. The molecule has 31 heavy (non-hydrogen) atoms. The average molecular weight is 444 g/mol. The number of carbonyl (C=O) groups is 1. The van der Waals surface area contributed by atoms with Crippen LogP contribution in [0.1, 0.15) is 36.5 Å². The van der Waals surface area contributed by atoms with E-state index < -0.39 is 0 Å². The quantitative estimate of drug-likeness (QED) is 0.609. The van der Waals surface area contributed by atoms with Gasteiger partial charge < -0.3 is 20.1 Å². The van der Waals surface area contributed by atoms with Crippen molar-refractivity contribution in [3.8, 4) is 5.75 Å². The van der Waals surface area contributed by atoms with E-state index in [0.717, 1.165) is 63.5 Å². The lowest BCUT2D eigenvalue weighted by molar-refractivity contribution is 0.0369. The van der Waals surface area contributed by atoms with Crippen molar-refractivity contribution in [2.75, 3.05) is 50.1 Å². The molecule has 0 saturated carbocycles. The van der Waals surface area contributed by atoms with Gasteiger partial charge >= 0.3 is 0 Å². The molecule has 1 fully saturated rings. The summed E-state index contributed by atoms with van der Waals surface area (Å²) in [4.78, 5) is 15.2. The van der Waals surface area contributed by atoms with Crippen LogP contribution >= 0.6 is 11.6 Å². The zero-order valence-corrected chi connectivity index (χ0v) is 18.7. The first-order valence-electron chi connectivity index (χ1n) is 10.9. The van der Waals surface area contributed by atoms with Crippen LogP contribution in [0, 0.1) is 0 Å². The van der Waals surface area contributed by atoms with E-state index in [1.165, 1.54) is 0 Å². The molecule has 166 valence electrons.